The van der Waals surface area contributed by atoms with Crippen LogP contribution >= 0.6 is 22.6 Å². The molecule has 4 heteroatoms. The highest BCUT2D eigenvalue weighted by atomic mass is 127. The number of hydrogen-bond donors (Lipinski definition) is 1. The molecule has 15 heavy (non-hydrogen) atoms. The number of benzene rings is 1. The van der Waals surface area contributed by atoms with Crippen LogP contribution in [0, 0.1) is 9.39 Å². The Balaban J connectivity index is 2.60. The molecule has 0 fully saturated rings. The molecule has 1 heterocycles. The van der Waals surface area contributed by atoms with Crippen LogP contribution < -0.4 is 5.32 Å². The quantitative estimate of drug-likeness (QED) is 0.859. The molecule has 0 aliphatic rings. The maximum atomic E-state index is 13.1. The Hall–Kier alpha value is -0.910. The van der Waals surface area contributed by atoms with Gasteiger partial charge in [0.2, 0.25) is 0 Å². The average molecular weight is 316 g/mol. The summed E-state index contributed by atoms with van der Waals surface area (Å²) in [7, 11) is 0. The molecule has 0 saturated carbocycles. The van der Waals surface area contributed by atoms with E-state index in [1.54, 1.807) is 0 Å². The minimum Gasteiger partial charge on any atom is -0.370 e. The highest BCUT2D eigenvalue weighted by Gasteiger charge is 2.04. The van der Waals surface area contributed by atoms with E-state index in [9.17, 15) is 4.39 Å². The maximum Gasteiger partial charge on any atom is 0.126 e. The summed E-state index contributed by atoms with van der Waals surface area (Å²) in [6, 6.07) is 6.73. The summed E-state index contributed by atoms with van der Waals surface area (Å²) in [5.74, 6) is 0.611. The van der Waals surface area contributed by atoms with Crippen LogP contribution in [0.3, 0.4) is 0 Å². The predicted octanol–water partition coefficient (Wildman–Crippen LogP) is 3.41. The molecule has 0 radical (unpaired) electrons. The van der Waals surface area contributed by atoms with E-state index in [0.717, 1.165) is 26.8 Å². The summed E-state index contributed by atoms with van der Waals surface area (Å²) >= 11 is 2.10. The molecular formula is C11H10FIN2. The van der Waals surface area contributed by atoms with Crippen molar-refractivity contribution in [1.82, 2.24) is 4.98 Å². The fourth-order valence-corrected chi connectivity index (χ4v) is 2.17. The Bertz CT molecular complexity index is 499. The molecule has 1 aromatic heterocycles. The number of rotatable bonds is 2. The molecule has 1 N–H and O–H groups in total. The minimum absolute atomic E-state index is 0.218. The molecule has 0 saturated heterocycles. The van der Waals surface area contributed by atoms with E-state index < -0.39 is 0 Å². The lowest BCUT2D eigenvalue weighted by Gasteiger charge is -2.05. The Kier molecular flexibility index (Phi) is 3.04. The van der Waals surface area contributed by atoms with Gasteiger partial charge in [0, 0.05) is 15.5 Å². The van der Waals surface area contributed by atoms with Gasteiger partial charge in [0.15, 0.2) is 0 Å². The van der Waals surface area contributed by atoms with Crippen molar-refractivity contribution in [3.05, 3.63) is 33.7 Å². The first kappa shape index (κ1) is 10.6. The SMILES string of the molecule is CCNc1ccc2cc(F)cc(I)c2n1. The van der Waals surface area contributed by atoms with Crippen molar-refractivity contribution in [2.45, 2.75) is 6.92 Å². The van der Waals surface area contributed by atoms with Crippen molar-refractivity contribution in [3.8, 4) is 0 Å². The number of halogens is 2. The zero-order valence-corrected chi connectivity index (χ0v) is 10.4. The van der Waals surface area contributed by atoms with Crippen LogP contribution in [-0.2, 0) is 0 Å². The Morgan fingerprint density at radius 2 is 2.20 bits per heavy atom. The van der Waals surface area contributed by atoms with Crippen LogP contribution in [0.5, 0.6) is 0 Å². The second kappa shape index (κ2) is 4.30. The van der Waals surface area contributed by atoms with Crippen LogP contribution in [0.15, 0.2) is 24.3 Å². The van der Waals surface area contributed by atoms with Gasteiger partial charge >= 0.3 is 0 Å². The van der Waals surface area contributed by atoms with Crippen molar-refractivity contribution in [1.29, 1.82) is 0 Å². The number of anilines is 1. The number of hydrogen-bond acceptors (Lipinski definition) is 2. The number of nitrogens with zero attached hydrogens (tertiary/aromatic N) is 1. The largest absolute Gasteiger partial charge is 0.370 e. The van der Waals surface area contributed by atoms with Gasteiger partial charge in [-0.25, -0.2) is 9.37 Å². The summed E-state index contributed by atoms with van der Waals surface area (Å²) in [6.45, 7) is 2.85. The van der Waals surface area contributed by atoms with E-state index >= 15 is 0 Å². The monoisotopic (exact) mass is 316 g/mol. The standard InChI is InChI=1S/C11H10FIN2/c1-2-14-10-4-3-7-5-8(12)6-9(13)11(7)15-10/h3-6H,2H2,1H3,(H,14,15). The van der Waals surface area contributed by atoms with Gasteiger partial charge in [-0.05, 0) is 53.8 Å². The van der Waals surface area contributed by atoms with Crippen molar-refractivity contribution in [2.24, 2.45) is 0 Å². The second-order valence-electron chi connectivity index (χ2n) is 3.19. The van der Waals surface area contributed by atoms with Crippen molar-refractivity contribution < 1.29 is 4.39 Å². The molecule has 0 aliphatic heterocycles. The van der Waals surface area contributed by atoms with Gasteiger partial charge in [0.25, 0.3) is 0 Å². The second-order valence-corrected chi connectivity index (χ2v) is 4.35. The third-order valence-corrected chi connectivity index (χ3v) is 2.89. The molecule has 0 spiro atoms. The van der Waals surface area contributed by atoms with Gasteiger partial charge in [-0.3, -0.25) is 0 Å². The summed E-state index contributed by atoms with van der Waals surface area (Å²) in [4.78, 5) is 4.42. The van der Waals surface area contributed by atoms with Gasteiger partial charge in [-0.15, -0.1) is 0 Å². The van der Waals surface area contributed by atoms with E-state index in [4.69, 9.17) is 0 Å². The highest BCUT2D eigenvalue weighted by molar-refractivity contribution is 14.1. The molecular weight excluding hydrogens is 306 g/mol. The fraction of sp³-hybridized carbons (Fsp3) is 0.182. The van der Waals surface area contributed by atoms with Crippen LogP contribution in [0.2, 0.25) is 0 Å². The Morgan fingerprint density at radius 3 is 2.93 bits per heavy atom. The highest BCUT2D eigenvalue weighted by Crippen LogP contribution is 2.22. The summed E-state index contributed by atoms with van der Waals surface area (Å²) in [6.07, 6.45) is 0. The van der Waals surface area contributed by atoms with Gasteiger partial charge in [0.05, 0.1) is 5.52 Å². The van der Waals surface area contributed by atoms with Crippen molar-refractivity contribution in [3.63, 3.8) is 0 Å². The fourth-order valence-electron chi connectivity index (χ4n) is 1.44. The van der Waals surface area contributed by atoms with Gasteiger partial charge in [-0.1, -0.05) is 0 Å². The number of aromatic nitrogens is 1. The summed E-state index contributed by atoms with van der Waals surface area (Å²) in [5, 5.41) is 3.97. The van der Waals surface area contributed by atoms with Crippen molar-refractivity contribution in [2.75, 3.05) is 11.9 Å². The van der Waals surface area contributed by atoms with Crippen molar-refractivity contribution >= 4 is 39.3 Å². The van der Waals surface area contributed by atoms with E-state index in [0.29, 0.717) is 0 Å². The molecule has 0 atom stereocenters. The Labute approximate surface area is 101 Å². The van der Waals surface area contributed by atoms with Crippen LogP contribution in [0.4, 0.5) is 10.2 Å². The number of fused-ring (bicyclic) bond motifs is 1. The van der Waals surface area contributed by atoms with Crippen LogP contribution in [0.25, 0.3) is 10.9 Å². The van der Waals surface area contributed by atoms with Crippen LogP contribution in [0.1, 0.15) is 6.92 Å². The van der Waals surface area contributed by atoms with Gasteiger partial charge in [-0.2, -0.15) is 0 Å². The van der Waals surface area contributed by atoms with E-state index in [1.165, 1.54) is 12.1 Å². The molecule has 0 amide bonds. The lowest BCUT2D eigenvalue weighted by atomic mass is 10.2. The van der Waals surface area contributed by atoms with Crippen LogP contribution in [-0.4, -0.2) is 11.5 Å². The first-order chi connectivity index (χ1) is 7.20. The van der Waals surface area contributed by atoms with E-state index in [1.807, 2.05) is 19.1 Å². The average Bonchev–Trinajstić information content (AvgIpc) is 2.19. The maximum absolute atomic E-state index is 13.1. The molecule has 0 aliphatic carbocycles. The molecule has 2 rings (SSSR count). The molecule has 78 valence electrons. The lowest BCUT2D eigenvalue weighted by Crippen LogP contribution is -1.99. The Morgan fingerprint density at radius 1 is 1.40 bits per heavy atom. The molecule has 1 aromatic carbocycles. The first-order valence-electron chi connectivity index (χ1n) is 4.70. The zero-order chi connectivity index (χ0) is 10.8. The summed E-state index contributed by atoms with van der Waals surface area (Å²) in [5.41, 5.74) is 0.843. The lowest BCUT2D eigenvalue weighted by molar-refractivity contribution is 0.628. The third kappa shape index (κ3) is 2.19. The van der Waals surface area contributed by atoms with Gasteiger partial charge < -0.3 is 5.32 Å². The topological polar surface area (TPSA) is 24.9 Å². The number of pyridine rings is 1. The zero-order valence-electron chi connectivity index (χ0n) is 8.22. The number of nitrogens with one attached hydrogen (secondary N) is 1. The minimum atomic E-state index is -0.218. The molecule has 2 aromatic rings. The van der Waals surface area contributed by atoms with E-state index in [-0.39, 0.29) is 5.82 Å². The molecule has 2 nitrogen and oxygen atoms in total. The first-order valence-corrected chi connectivity index (χ1v) is 5.78. The molecule has 0 bridgehead atoms. The normalized spacial score (nSPS) is 10.6. The van der Waals surface area contributed by atoms with E-state index in [2.05, 4.69) is 32.9 Å². The smallest absolute Gasteiger partial charge is 0.126 e. The van der Waals surface area contributed by atoms with Gasteiger partial charge in [0.1, 0.15) is 11.6 Å². The molecule has 0 unspecified atom stereocenters. The summed E-state index contributed by atoms with van der Waals surface area (Å²) < 4.78 is 13.9. The predicted molar refractivity (Wildman–Crippen MR) is 68.6 cm³/mol. The third-order valence-electron chi connectivity index (χ3n) is 2.07.